The van der Waals surface area contributed by atoms with Gasteiger partial charge in [0, 0.05) is 54.0 Å². The van der Waals surface area contributed by atoms with Gasteiger partial charge in [-0.2, -0.15) is 0 Å². The van der Waals surface area contributed by atoms with Crippen LogP contribution in [-0.4, -0.2) is 58.9 Å². The fourth-order valence-electron chi connectivity index (χ4n) is 8.82. The molecule has 0 fully saturated rings. The standard InChI is InChI=1S/C50H38O11/c51-34-12-1-28(2-13-34)23-40-41(24-29-3-14-35(52)15-4-29)46(59)49(45(40)58,32-8-19-37(54)20-9-32)50(33-10-21-38(55)22-11-33)47(60)42(25-30-5-16-36(53)17-6-30)43(48(50)61)26-31-7-18-39(56)27-44(31)57/h1-22,27,51-57H,23-26H2/t50-/m1/s1. The molecule has 6 aromatic rings. The van der Waals surface area contributed by atoms with Crippen molar-refractivity contribution >= 4 is 23.1 Å². The summed E-state index contributed by atoms with van der Waals surface area (Å²) in [5.74, 6) is -4.77. The number of carbonyl (C=O) groups is 4. The molecule has 0 spiro atoms. The van der Waals surface area contributed by atoms with Gasteiger partial charge in [0.2, 0.25) is 0 Å². The third-order valence-corrected chi connectivity index (χ3v) is 11.7. The molecule has 8 rings (SSSR count). The van der Waals surface area contributed by atoms with Gasteiger partial charge < -0.3 is 35.7 Å². The lowest BCUT2D eigenvalue weighted by Crippen LogP contribution is -2.64. The minimum absolute atomic E-state index is 0.0136. The van der Waals surface area contributed by atoms with Crippen LogP contribution in [0.4, 0.5) is 0 Å². The summed E-state index contributed by atoms with van der Waals surface area (Å²) >= 11 is 0. The van der Waals surface area contributed by atoms with Crippen LogP contribution in [-0.2, 0) is 55.7 Å². The Morgan fingerprint density at radius 2 is 0.574 bits per heavy atom. The molecule has 0 unspecified atom stereocenters. The molecule has 0 amide bonds. The third kappa shape index (κ3) is 6.66. The average molecular weight is 815 g/mol. The molecule has 11 heteroatoms. The molecule has 0 bridgehead atoms. The molecule has 0 heterocycles. The van der Waals surface area contributed by atoms with Crippen LogP contribution < -0.4 is 0 Å². The predicted octanol–water partition coefficient (Wildman–Crippen LogP) is 6.67. The summed E-state index contributed by atoms with van der Waals surface area (Å²) in [6.07, 6.45) is -0.893. The van der Waals surface area contributed by atoms with Crippen molar-refractivity contribution in [2.24, 2.45) is 0 Å². The van der Waals surface area contributed by atoms with E-state index in [2.05, 4.69) is 0 Å². The largest absolute Gasteiger partial charge is 0.508 e. The minimum atomic E-state index is -2.70. The van der Waals surface area contributed by atoms with Gasteiger partial charge in [0.25, 0.3) is 0 Å². The van der Waals surface area contributed by atoms with Crippen LogP contribution in [0.1, 0.15) is 33.4 Å². The molecule has 61 heavy (non-hydrogen) atoms. The summed E-state index contributed by atoms with van der Waals surface area (Å²) in [5, 5.41) is 72.6. The van der Waals surface area contributed by atoms with E-state index in [-0.39, 0.29) is 105 Å². The quantitative estimate of drug-likeness (QED) is 0.0687. The molecule has 0 saturated carbocycles. The van der Waals surface area contributed by atoms with E-state index in [1.165, 1.54) is 97.1 Å². The first-order valence-corrected chi connectivity index (χ1v) is 19.3. The normalized spacial score (nSPS) is 17.4. The van der Waals surface area contributed by atoms with Crippen molar-refractivity contribution in [3.8, 4) is 40.2 Å². The number of aromatic hydroxyl groups is 7. The highest BCUT2D eigenvalue weighted by Gasteiger charge is 2.75. The molecule has 0 aromatic heterocycles. The SMILES string of the molecule is O=C1C(Cc2ccc(O)cc2)=C(Cc2ccc(O)cc2)C(=O)C1(c1ccc(O)cc1)[C@]1(c2ccc(O)cc2)C(=O)C(Cc2ccc(O)cc2)=C(Cc2ccc(O)cc2O)C1=O. The summed E-state index contributed by atoms with van der Waals surface area (Å²) in [7, 11) is 0. The van der Waals surface area contributed by atoms with Gasteiger partial charge in [0.05, 0.1) is 0 Å². The molecule has 7 N–H and O–H groups in total. The number of allylic oxidation sites excluding steroid dienone is 4. The highest BCUT2D eigenvalue weighted by Crippen LogP contribution is 2.59. The van der Waals surface area contributed by atoms with E-state index in [4.69, 9.17) is 0 Å². The van der Waals surface area contributed by atoms with Crippen LogP contribution in [0.5, 0.6) is 40.2 Å². The summed E-state index contributed by atoms with van der Waals surface area (Å²) < 4.78 is 0. The molecular formula is C50H38O11. The molecule has 0 saturated heterocycles. The molecule has 0 aliphatic heterocycles. The Labute approximate surface area is 349 Å². The van der Waals surface area contributed by atoms with E-state index >= 15 is 19.2 Å². The second-order valence-corrected chi connectivity index (χ2v) is 15.3. The number of phenolic OH excluding ortho intramolecular Hbond substituents is 7. The Bertz CT molecular complexity index is 2730. The fourth-order valence-corrected chi connectivity index (χ4v) is 8.82. The molecule has 1 atom stereocenters. The molecule has 304 valence electrons. The summed E-state index contributed by atoms with van der Waals surface area (Å²) in [6.45, 7) is 0. The van der Waals surface area contributed by atoms with E-state index in [0.29, 0.717) is 16.7 Å². The average Bonchev–Trinajstić information content (AvgIpc) is 3.57. The van der Waals surface area contributed by atoms with Gasteiger partial charge in [-0.05, 0) is 100 Å². The second kappa shape index (κ2) is 15.4. The maximum absolute atomic E-state index is 16.1. The second-order valence-electron chi connectivity index (χ2n) is 15.3. The Kier molecular flexibility index (Phi) is 10.0. The molecule has 2 aliphatic carbocycles. The predicted molar refractivity (Wildman–Crippen MR) is 223 cm³/mol. The van der Waals surface area contributed by atoms with Gasteiger partial charge in [-0.3, -0.25) is 19.2 Å². The number of ketones is 4. The van der Waals surface area contributed by atoms with Crippen LogP contribution in [0.15, 0.2) is 162 Å². The number of rotatable bonds is 11. The van der Waals surface area contributed by atoms with E-state index in [1.54, 1.807) is 36.4 Å². The zero-order valence-corrected chi connectivity index (χ0v) is 32.4. The fraction of sp³-hybridized carbons (Fsp3) is 0.120. The molecule has 6 aromatic carbocycles. The van der Waals surface area contributed by atoms with Crippen molar-refractivity contribution in [1.82, 2.24) is 0 Å². The zero-order chi connectivity index (χ0) is 43.2. The van der Waals surface area contributed by atoms with Crippen molar-refractivity contribution in [2.75, 3.05) is 0 Å². The van der Waals surface area contributed by atoms with Crippen LogP contribution >= 0.6 is 0 Å². The Hall–Kier alpha value is -7.92. The molecule has 2 aliphatic rings. The van der Waals surface area contributed by atoms with E-state index in [9.17, 15) is 35.7 Å². The van der Waals surface area contributed by atoms with Crippen molar-refractivity contribution in [3.63, 3.8) is 0 Å². The number of hydrogen-bond donors (Lipinski definition) is 7. The minimum Gasteiger partial charge on any atom is -0.508 e. The van der Waals surface area contributed by atoms with Crippen LogP contribution in [0, 0.1) is 0 Å². The van der Waals surface area contributed by atoms with Gasteiger partial charge in [-0.15, -0.1) is 0 Å². The van der Waals surface area contributed by atoms with Crippen molar-refractivity contribution in [3.05, 3.63) is 195 Å². The number of Topliss-reactive ketones (excluding diaryl/α,β-unsaturated/α-hetero) is 4. The third-order valence-electron chi connectivity index (χ3n) is 11.7. The number of carbonyl (C=O) groups excluding carboxylic acids is 4. The Balaban J connectivity index is 1.44. The summed E-state index contributed by atoms with van der Waals surface area (Å²) in [5.41, 5.74) is -4.08. The Morgan fingerprint density at radius 1 is 0.311 bits per heavy atom. The highest BCUT2D eigenvalue weighted by atomic mass is 16.3. The first-order chi connectivity index (χ1) is 29.2. The van der Waals surface area contributed by atoms with Gasteiger partial charge in [0.15, 0.2) is 23.1 Å². The molecule has 0 radical (unpaired) electrons. The summed E-state index contributed by atoms with van der Waals surface area (Å²) in [4.78, 5) is 64.6. The lowest BCUT2D eigenvalue weighted by molar-refractivity contribution is -0.144. The van der Waals surface area contributed by atoms with Crippen molar-refractivity contribution in [2.45, 2.75) is 36.5 Å². The van der Waals surface area contributed by atoms with Gasteiger partial charge >= 0.3 is 0 Å². The topological polar surface area (TPSA) is 210 Å². The van der Waals surface area contributed by atoms with E-state index in [0.717, 1.165) is 6.07 Å². The lowest BCUT2D eigenvalue weighted by Gasteiger charge is -2.43. The smallest absolute Gasteiger partial charge is 0.179 e. The molecular weight excluding hydrogens is 777 g/mol. The summed E-state index contributed by atoms with van der Waals surface area (Å²) in [6, 6.07) is 32.1. The van der Waals surface area contributed by atoms with Gasteiger partial charge in [-0.1, -0.05) is 66.7 Å². The number of phenols is 7. The maximum atomic E-state index is 16.1. The lowest BCUT2D eigenvalue weighted by atomic mass is 9.51. The number of benzene rings is 6. The van der Waals surface area contributed by atoms with E-state index in [1.807, 2.05) is 0 Å². The van der Waals surface area contributed by atoms with Crippen molar-refractivity contribution in [1.29, 1.82) is 0 Å². The first kappa shape index (κ1) is 39.9. The number of hydrogen-bond acceptors (Lipinski definition) is 11. The first-order valence-electron chi connectivity index (χ1n) is 19.3. The van der Waals surface area contributed by atoms with Crippen LogP contribution in [0.2, 0.25) is 0 Å². The van der Waals surface area contributed by atoms with Crippen molar-refractivity contribution < 1.29 is 54.9 Å². The van der Waals surface area contributed by atoms with Crippen LogP contribution in [0.25, 0.3) is 0 Å². The monoisotopic (exact) mass is 814 g/mol. The van der Waals surface area contributed by atoms with E-state index < -0.39 is 34.0 Å². The highest BCUT2D eigenvalue weighted by molar-refractivity contribution is 6.44. The van der Waals surface area contributed by atoms with Gasteiger partial charge in [0.1, 0.15) is 51.1 Å². The van der Waals surface area contributed by atoms with Gasteiger partial charge in [-0.25, -0.2) is 0 Å². The maximum Gasteiger partial charge on any atom is 0.179 e. The van der Waals surface area contributed by atoms with Crippen LogP contribution in [0.3, 0.4) is 0 Å². The zero-order valence-electron chi connectivity index (χ0n) is 32.4. The molecule has 11 nitrogen and oxygen atoms in total. The Morgan fingerprint density at radius 3 is 0.869 bits per heavy atom.